The molecule has 4 aromatic rings. The molecule has 0 N–H and O–H groups in total. The van der Waals surface area contributed by atoms with Crippen molar-refractivity contribution in [1.82, 2.24) is 4.98 Å². The van der Waals surface area contributed by atoms with Crippen LogP contribution in [0.2, 0.25) is 9.50 Å². The summed E-state index contributed by atoms with van der Waals surface area (Å²) in [7, 11) is 0. The van der Waals surface area contributed by atoms with Crippen LogP contribution in [0.5, 0.6) is 0 Å². The van der Waals surface area contributed by atoms with Crippen molar-refractivity contribution in [2.24, 2.45) is 5.41 Å². The van der Waals surface area contributed by atoms with Gasteiger partial charge in [-0.2, -0.15) is 0 Å². The molecule has 0 unspecified atom stereocenters. The third-order valence-corrected chi connectivity index (χ3v) is 23.2. The molecular weight excluding hydrogens is 569 g/mol. The monoisotopic (exact) mass is 615 g/mol. The van der Waals surface area contributed by atoms with Gasteiger partial charge in [-0.15, -0.1) is 0 Å². The van der Waals surface area contributed by atoms with Gasteiger partial charge >= 0.3 is 249 Å². The van der Waals surface area contributed by atoms with Crippen LogP contribution in [-0.4, -0.2) is 24.7 Å². The number of aromatic nitrogens is 1. The van der Waals surface area contributed by atoms with Gasteiger partial charge in [-0.25, -0.2) is 0 Å². The molecule has 0 radical (unpaired) electrons. The van der Waals surface area contributed by atoms with E-state index in [-0.39, 0.29) is 5.41 Å². The van der Waals surface area contributed by atoms with Crippen LogP contribution >= 0.6 is 0 Å². The Balaban J connectivity index is 1.84. The maximum absolute atomic E-state index is 14.0. The van der Waals surface area contributed by atoms with Crippen LogP contribution in [0.25, 0.3) is 33.2 Å². The number of alkyl halides is 2. The summed E-state index contributed by atoms with van der Waals surface area (Å²) in [4.78, 5) is 5.18. The molecule has 4 heteroatoms. The second-order valence-electron chi connectivity index (χ2n) is 14.5. The molecule has 1 aliphatic heterocycles. The first-order valence-corrected chi connectivity index (χ1v) is 19.6. The average molecular weight is 614 g/mol. The molecule has 0 aliphatic carbocycles. The summed E-state index contributed by atoms with van der Waals surface area (Å²) in [5.74, 6) is 0. The van der Waals surface area contributed by atoms with Crippen molar-refractivity contribution < 1.29 is 8.78 Å². The van der Waals surface area contributed by atoms with Gasteiger partial charge in [0.25, 0.3) is 0 Å². The normalized spacial score (nSPS) is 14.8. The Bertz CT molecular complexity index is 1620. The molecule has 3 aromatic carbocycles. The zero-order valence-electron chi connectivity index (χ0n) is 26.4. The number of fused-ring (bicyclic) bond motifs is 4. The molecule has 41 heavy (non-hydrogen) atoms. The molecule has 0 amide bonds. The number of pyridine rings is 1. The fourth-order valence-electron chi connectivity index (χ4n) is 7.61. The quantitative estimate of drug-likeness (QED) is 0.197. The molecule has 2 heterocycles. The van der Waals surface area contributed by atoms with E-state index in [2.05, 4.69) is 110 Å². The van der Waals surface area contributed by atoms with E-state index in [1.165, 1.54) is 47.4 Å². The van der Waals surface area contributed by atoms with Gasteiger partial charge in [0.15, 0.2) is 0 Å². The summed E-state index contributed by atoms with van der Waals surface area (Å²) in [6, 6.07) is 20.0. The van der Waals surface area contributed by atoms with Gasteiger partial charge in [0.05, 0.1) is 0 Å². The topological polar surface area (TPSA) is 12.9 Å². The van der Waals surface area contributed by atoms with Gasteiger partial charge in [-0.1, -0.05) is 0 Å². The van der Waals surface area contributed by atoms with E-state index in [1.807, 2.05) is 6.20 Å². The number of nitrogens with zero attached hydrogens (tertiary/aromatic N) is 1. The van der Waals surface area contributed by atoms with E-state index < -0.39 is 25.1 Å². The number of hydrogen-bond acceptors (Lipinski definition) is 1. The van der Waals surface area contributed by atoms with Crippen LogP contribution in [0.3, 0.4) is 0 Å². The molecule has 216 valence electrons. The minimum atomic E-state index is -3.15. The molecule has 0 saturated carbocycles. The molecular formula is C37H45F2GeN. The first-order valence-electron chi connectivity index (χ1n) is 15.1. The van der Waals surface area contributed by atoms with E-state index in [4.69, 9.17) is 4.98 Å². The van der Waals surface area contributed by atoms with Crippen molar-refractivity contribution in [3.63, 3.8) is 0 Å². The van der Waals surface area contributed by atoms with Gasteiger partial charge in [0.1, 0.15) is 0 Å². The van der Waals surface area contributed by atoms with Crippen molar-refractivity contribution in [3.8, 4) is 22.4 Å². The van der Waals surface area contributed by atoms with Crippen molar-refractivity contribution in [2.75, 3.05) is 0 Å². The number of benzene rings is 3. The summed E-state index contributed by atoms with van der Waals surface area (Å²) in [5.41, 5.74) is 7.45. The summed E-state index contributed by atoms with van der Waals surface area (Å²) in [5, 5.41) is 2.53. The third kappa shape index (κ3) is 4.67. The van der Waals surface area contributed by atoms with Crippen molar-refractivity contribution in [2.45, 2.75) is 97.0 Å². The Labute approximate surface area is 248 Å². The Morgan fingerprint density at radius 2 is 1.44 bits per heavy atom. The molecule has 1 aromatic heterocycles. The van der Waals surface area contributed by atoms with E-state index in [9.17, 15) is 8.78 Å². The third-order valence-electron chi connectivity index (χ3n) is 9.65. The Hall–Kier alpha value is -2.53. The molecule has 0 fully saturated rings. The van der Waals surface area contributed by atoms with Crippen LogP contribution in [0.1, 0.15) is 79.0 Å². The van der Waals surface area contributed by atoms with Crippen LogP contribution in [0, 0.1) is 12.3 Å². The van der Waals surface area contributed by atoms with Gasteiger partial charge in [0.2, 0.25) is 0 Å². The van der Waals surface area contributed by atoms with Crippen molar-refractivity contribution >= 4 is 32.8 Å². The first-order chi connectivity index (χ1) is 19.1. The summed E-state index contributed by atoms with van der Waals surface area (Å²) in [6.07, 6.45) is -0.0136. The fourth-order valence-corrected chi connectivity index (χ4v) is 21.5. The predicted molar refractivity (Wildman–Crippen MR) is 175 cm³/mol. The predicted octanol–water partition coefficient (Wildman–Crippen LogP) is 9.70. The summed E-state index contributed by atoms with van der Waals surface area (Å²) >= 11 is -3.15. The van der Waals surface area contributed by atoms with Gasteiger partial charge in [-0.05, 0) is 0 Å². The number of rotatable bonds is 6. The van der Waals surface area contributed by atoms with Crippen LogP contribution in [0.4, 0.5) is 8.78 Å². The SMILES string of the molecule is Cc1c(CC(C)(C)C(F)F)ccc2[c]1[Ge]([CH](C)C)([CH](C)C)[c]1c-2ccnc1-c1cc(C(C)(C)C)c2ccccc2c1. The molecule has 0 bridgehead atoms. The number of hydrogen-bond donors (Lipinski definition) is 0. The second-order valence-corrected chi connectivity index (χ2v) is 25.1. The Kier molecular flexibility index (Phi) is 7.54. The maximum atomic E-state index is 14.0. The molecule has 1 nitrogen and oxygen atoms in total. The van der Waals surface area contributed by atoms with Gasteiger partial charge in [0, 0.05) is 0 Å². The van der Waals surface area contributed by atoms with Crippen LogP contribution in [0.15, 0.2) is 60.8 Å². The average Bonchev–Trinajstić information content (AvgIpc) is 3.21. The Morgan fingerprint density at radius 1 is 0.805 bits per heavy atom. The van der Waals surface area contributed by atoms with Crippen molar-refractivity contribution in [1.29, 1.82) is 0 Å². The van der Waals surface area contributed by atoms with E-state index in [0.29, 0.717) is 15.9 Å². The summed E-state index contributed by atoms with van der Waals surface area (Å²) in [6.45, 7) is 22.0. The molecule has 1 aliphatic rings. The minimum absolute atomic E-state index is 0.0197. The molecule has 0 saturated heterocycles. The zero-order valence-corrected chi connectivity index (χ0v) is 28.5. The van der Waals surface area contributed by atoms with E-state index >= 15 is 0 Å². The fraction of sp³-hybridized carbons (Fsp3) is 0.432. The zero-order chi connectivity index (χ0) is 30.1. The van der Waals surface area contributed by atoms with E-state index in [0.717, 1.165) is 11.3 Å². The first kappa shape index (κ1) is 29.9. The van der Waals surface area contributed by atoms with Crippen molar-refractivity contribution in [3.05, 3.63) is 77.5 Å². The summed E-state index contributed by atoms with van der Waals surface area (Å²) < 4.78 is 31.9. The van der Waals surface area contributed by atoms with Crippen LogP contribution < -0.4 is 8.79 Å². The Morgan fingerprint density at radius 3 is 2.05 bits per heavy atom. The van der Waals surface area contributed by atoms with Gasteiger partial charge < -0.3 is 0 Å². The molecule has 0 atom stereocenters. The standard InChI is InChI=1S/C37H45F2GeN/c1-22(2)40(23(3)4)32-24(5)26(21-37(9,10)35(38)39)15-16-29(32)30-17-18-41-34(33(30)40)27-19-25-13-11-12-14-28(25)31(20-27)36(6,7)8/h11-20,22-23,35H,21H2,1-10H3. The van der Waals surface area contributed by atoms with Crippen LogP contribution in [-0.2, 0) is 11.8 Å². The van der Waals surface area contributed by atoms with E-state index in [1.54, 1.807) is 13.8 Å². The molecule has 0 spiro atoms. The second kappa shape index (κ2) is 10.3. The molecule has 5 rings (SSSR count). The van der Waals surface area contributed by atoms with Gasteiger partial charge in [-0.3, -0.25) is 0 Å². The number of halogens is 2.